The number of hydrogen-bond donors (Lipinski definition) is 1. The van der Waals surface area contributed by atoms with Gasteiger partial charge in [0.15, 0.2) is 5.92 Å². The molecule has 0 saturated heterocycles. The molecule has 12 nitrogen and oxygen atoms in total. The van der Waals surface area contributed by atoms with Crippen LogP contribution < -0.4 is 5.32 Å². The molecule has 0 aliphatic carbocycles. The average Bonchev–Trinajstić information content (AvgIpc) is 3.11. The quantitative estimate of drug-likeness (QED) is 0.243. The minimum atomic E-state index is -1.62. The molecule has 2 aromatic heterocycles. The Hall–Kier alpha value is -3.38. The van der Waals surface area contributed by atoms with Crippen LogP contribution in [0.2, 0.25) is 0 Å². The minimum absolute atomic E-state index is 0.160. The number of methoxy groups -OCH3 is 2. The van der Waals surface area contributed by atoms with Crippen LogP contribution in [0.15, 0.2) is 18.5 Å². The number of carbonyl (C=O) groups excluding carboxylic acids is 2. The van der Waals surface area contributed by atoms with Gasteiger partial charge in [-0.25, -0.2) is 4.98 Å². The molecule has 1 N–H and O–H groups in total. The molecule has 0 spiro atoms. The zero-order valence-corrected chi connectivity index (χ0v) is 18.1. The van der Waals surface area contributed by atoms with Gasteiger partial charge in [0, 0.05) is 32.2 Å². The maximum absolute atomic E-state index is 12.3. The van der Waals surface area contributed by atoms with Crippen molar-refractivity contribution < 1.29 is 24.0 Å². The number of nitro groups is 1. The van der Waals surface area contributed by atoms with Gasteiger partial charge in [-0.2, -0.15) is 5.10 Å². The van der Waals surface area contributed by atoms with Gasteiger partial charge in [-0.1, -0.05) is 0 Å². The van der Waals surface area contributed by atoms with E-state index in [0.29, 0.717) is 17.8 Å². The first-order chi connectivity index (χ1) is 14.7. The lowest BCUT2D eigenvalue weighted by Crippen LogP contribution is -2.28. The molecule has 2 aromatic rings. The van der Waals surface area contributed by atoms with Crippen LogP contribution in [0.4, 0.5) is 5.69 Å². The Labute approximate surface area is 179 Å². The van der Waals surface area contributed by atoms with Crippen molar-refractivity contribution in [2.75, 3.05) is 41.4 Å². The predicted molar refractivity (Wildman–Crippen MR) is 110 cm³/mol. The monoisotopic (exact) mass is 434 g/mol. The zero-order chi connectivity index (χ0) is 23.1. The third-order valence-electron chi connectivity index (χ3n) is 4.80. The molecule has 0 radical (unpaired) electrons. The molecule has 0 aromatic carbocycles. The van der Waals surface area contributed by atoms with E-state index < -0.39 is 28.5 Å². The van der Waals surface area contributed by atoms with E-state index in [9.17, 15) is 19.7 Å². The normalized spacial score (nSPS) is 11.1. The van der Waals surface area contributed by atoms with Gasteiger partial charge in [-0.05, 0) is 20.2 Å². The van der Waals surface area contributed by atoms with Crippen molar-refractivity contribution in [2.45, 2.75) is 12.5 Å². The van der Waals surface area contributed by atoms with E-state index in [0.717, 1.165) is 39.2 Å². The maximum Gasteiger partial charge on any atom is 0.324 e. The molecule has 2 rings (SSSR count). The summed E-state index contributed by atoms with van der Waals surface area (Å²) in [4.78, 5) is 41.6. The number of pyridine rings is 1. The van der Waals surface area contributed by atoms with Crippen LogP contribution >= 0.6 is 0 Å². The van der Waals surface area contributed by atoms with Gasteiger partial charge in [0.2, 0.25) is 0 Å². The summed E-state index contributed by atoms with van der Waals surface area (Å²) in [6, 6.07) is 1.34. The standard InChI is InChI=1S/C19H26N6O6/c1-20-6-7-23(2)11-16-13(9-22-24(16)3)14-8-12(15(10-21-14)25(28)29)17(18(26)30-4)19(27)31-5/h8-10,17,20H,6-7,11H2,1-5H3. The first-order valence-electron chi connectivity index (χ1n) is 9.39. The Kier molecular flexibility index (Phi) is 8.16. The summed E-state index contributed by atoms with van der Waals surface area (Å²) in [5.74, 6) is -3.55. The van der Waals surface area contributed by atoms with E-state index in [1.54, 1.807) is 17.9 Å². The van der Waals surface area contributed by atoms with Gasteiger partial charge < -0.3 is 14.8 Å². The van der Waals surface area contributed by atoms with Crippen molar-refractivity contribution in [3.8, 4) is 11.3 Å². The van der Waals surface area contributed by atoms with Crippen molar-refractivity contribution in [3.63, 3.8) is 0 Å². The number of aromatic nitrogens is 3. The topological polar surface area (TPSA) is 142 Å². The van der Waals surface area contributed by atoms with Crippen molar-refractivity contribution >= 4 is 17.6 Å². The first-order valence-corrected chi connectivity index (χ1v) is 9.39. The van der Waals surface area contributed by atoms with Crippen LogP contribution in [0, 0.1) is 10.1 Å². The van der Waals surface area contributed by atoms with E-state index in [2.05, 4.69) is 29.8 Å². The molecule has 0 bridgehead atoms. The molecule has 0 amide bonds. The number of ether oxygens (including phenoxy) is 2. The van der Waals surface area contributed by atoms with Gasteiger partial charge in [-0.15, -0.1) is 0 Å². The Morgan fingerprint density at radius 2 is 1.94 bits per heavy atom. The molecule has 0 fully saturated rings. The molecule has 0 atom stereocenters. The second kappa shape index (κ2) is 10.6. The lowest BCUT2D eigenvalue weighted by atomic mass is 9.96. The van der Waals surface area contributed by atoms with E-state index in [-0.39, 0.29) is 5.56 Å². The Bertz CT molecular complexity index is 943. The molecule has 31 heavy (non-hydrogen) atoms. The van der Waals surface area contributed by atoms with Crippen molar-refractivity contribution in [1.29, 1.82) is 0 Å². The fourth-order valence-corrected chi connectivity index (χ4v) is 3.08. The van der Waals surface area contributed by atoms with Crippen LogP contribution in [0.25, 0.3) is 11.3 Å². The third-order valence-corrected chi connectivity index (χ3v) is 4.80. The molecule has 2 heterocycles. The van der Waals surface area contributed by atoms with Crippen LogP contribution in [0.5, 0.6) is 0 Å². The highest BCUT2D eigenvalue weighted by Crippen LogP contribution is 2.33. The summed E-state index contributed by atoms with van der Waals surface area (Å²) < 4.78 is 11.0. The summed E-state index contributed by atoms with van der Waals surface area (Å²) in [5.41, 5.74) is 1.14. The van der Waals surface area contributed by atoms with Gasteiger partial charge in [0.05, 0.1) is 42.3 Å². The third kappa shape index (κ3) is 5.41. The molecule has 0 unspecified atom stereocenters. The van der Waals surface area contributed by atoms with E-state index in [1.807, 2.05) is 14.1 Å². The number of aryl methyl sites for hydroxylation is 1. The number of nitrogens with zero attached hydrogens (tertiary/aromatic N) is 5. The summed E-state index contributed by atoms with van der Waals surface area (Å²) in [5, 5.41) is 18.9. The Morgan fingerprint density at radius 1 is 1.29 bits per heavy atom. The SMILES string of the molecule is CNCCN(C)Cc1c(-c2cc(C(C(=O)OC)C(=O)OC)c([N+](=O)[O-])cn2)cnn1C. The van der Waals surface area contributed by atoms with Gasteiger partial charge in [0.25, 0.3) is 5.69 Å². The molecular weight excluding hydrogens is 408 g/mol. The number of hydrogen-bond acceptors (Lipinski definition) is 10. The van der Waals surface area contributed by atoms with Crippen molar-refractivity contribution in [1.82, 2.24) is 25.0 Å². The van der Waals surface area contributed by atoms with Gasteiger partial charge >= 0.3 is 11.9 Å². The molecule has 0 saturated carbocycles. The number of likely N-dealkylation sites (N-methyl/N-ethyl adjacent to an activating group) is 2. The zero-order valence-electron chi connectivity index (χ0n) is 18.1. The van der Waals surface area contributed by atoms with E-state index >= 15 is 0 Å². The van der Waals surface area contributed by atoms with Gasteiger partial charge in [0.1, 0.15) is 6.20 Å². The number of nitrogens with one attached hydrogen (secondary N) is 1. The molecule has 0 aliphatic rings. The average molecular weight is 434 g/mol. The second-order valence-corrected chi connectivity index (χ2v) is 6.83. The highest BCUT2D eigenvalue weighted by Gasteiger charge is 2.37. The smallest absolute Gasteiger partial charge is 0.324 e. The van der Waals surface area contributed by atoms with Crippen molar-refractivity contribution in [3.05, 3.63) is 39.8 Å². The van der Waals surface area contributed by atoms with Crippen LogP contribution in [0.1, 0.15) is 17.2 Å². The summed E-state index contributed by atoms with van der Waals surface area (Å²) in [7, 11) is 7.78. The fraction of sp³-hybridized carbons (Fsp3) is 0.474. The maximum atomic E-state index is 12.3. The molecular formula is C19H26N6O6. The number of esters is 2. The second-order valence-electron chi connectivity index (χ2n) is 6.83. The largest absolute Gasteiger partial charge is 0.468 e. The lowest BCUT2D eigenvalue weighted by molar-refractivity contribution is -0.386. The Balaban J connectivity index is 2.58. The summed E-state index contributed by atoms with van der Waals surface area (Å²) >= 11 is 0. The minimum Gasteiger partial charge on any atom is -0.468 e. The Morgan fingerprint density at radius 3 is 2.48 bits per heavy atom. The number of carbonyl (C=O) groups is 2. The highest BCUT2D eigenvalue weighted by atomic mass is 16.6. The highest BCUT2D eigenvalue weighted by molar-refractivity contribution is 6.01. The first kappa shape index (κ1) is 23.9. The van der Waals surface area contributed by atoms with Crippen LogP contribution in [0.3, 0.4) is 0 Å². The van der Waals surface area contributed by atoms with Crippen LogP contribution in [-0.2, 0) is 32.7 Å². The van der Waals surface area contributed by atoms with Crippen molar-refractivity contribution in [2.24, 2.45) is 7.05 Å². The molecule has 0 aliphatic heterocycles. The van der Waals surface area contributed by atoms with Crippen LogP contribution in [-0.4, -0.2) is 77.9 Å². The van der Waals surface area contributed by atoms with E-state index in [1.165, 1.54) is 6.07 Å². The fourth-order valence-electron chi connectivity index (χ4n) is 3.08. The predicted octanol–water partition coefficient (Wildman–Crippen LogP) is 0.471. The lowest BCUT2D eigenvalue weighted by Gasteiger charge is -2.18. The molecule has 12 heteroatoms. The summed E-state index contributed by atoms with van der Waals surface area (Å²) in [6.07, 6.45) is 2.61. The summed E-state index contributed by atoms with van der Waals surface area (Å²) in [6.45, 7) is 2.12. The van der Waals surface area contributed by atoms with Gasteiger partial charge in [-0.3, -0.25) is 29.3 Å². The molecule has 168 valence electrons. The van der Waals surface area contributed by atoms with E-state index in [4.69, 9.17) is 0 Å². The number of rotatable bonds is 10.